The normalized spacial score (nSPS) is 18.7. The van der Waals surface area contributed by atoms with Crippen LogP contribution in [0.5, 0.6) is 0 Å². The molecular weight excluding hydrogens is 431 g/mol. The number of halogens is 1. The highest BCUT2D eigenvalue weighted by Crippen LogP contribution is 2.15. The molecule has 6 nitrogen and oxygen atoms in total. The van der Waals surface area contributed by atoms with E-state index in [4.69, 9.17) is 9.47 Å². The number of aliphatic imine (C=N–C) groups is 1. The molecule has 1 heterocycles. The molecule has 150 valence electrons. The molecule has 1 aliphatic rings. The van der Waals surface area contributed by atoms with Crippen LogP contribution in [0.3, 0.4) is 0 Å². The molecule has 0 aromatic heterocycles. The van der Waals surface area contributed by atoms with Crippen molar-refractivity contribution in [2.24, 2.45) is 10.9 Å². The summed E-state index contributed by atoms with van der Waals surface area (Å²) in [5, 5.41) is 6.74. The van der Waals surface area contributed by atoms with Crippen LogP contribution in [0.25, 0.3) is 0 Å². The summed E-state index contributed by atoms with van der Waals surface area (Å²) in [6, 6.07) is 0. The second-order valence-corrected chi connectivity index (χ2v) is 6.55. The summed E-state index contributed by atoms with van der Waals surface area (Å²) in [4.78, 5) is 7.19. The smallest absolute Gasteiger partial charge is 0.191 e. The lowest BCUT2D eigenvalue weighted by Crippen LogP contribution is -2.40. The van der Waals surface area contributed by atoms with E-state index >= 15 is 0 Å². The summed E-state index contributed by atoms with van der Waals surface area (Å²) in [6.45, 7) is 12.9. The number of nitrogens with zero attached hydrogens (tertiary/aromatic N) is 2. The molecule has 0 saturated carbocycles. The van der Waals surface area contributed by atoms with Gasteiger partial charge < -0.3 is 25.0 Å². The largest absolute Gasteiger partial charge is 0.382 e. The molecule has 0 aromatic rings. The third kappa shape index (κ3) is 13.7. The maximum atomic E-state index is 5.45. The molecule has 1 rings (SSSR count). The maximum absolute atomic E-state index is 5.45. The van der Waals surface area contributed by atoms with E-state index in [0.717, 1.165) is 51.0 Å². The van der Waals surface area contributed by atoms with Gasteiger partial charge in [0.15, 0.2) is 5.96 Å². The molecule has 1 saturated heterocycles. The lowest BCUT2D eigenvalue weighted by atomic mass is 10.0. The monoisotopic (exact) mass is 470 g/mol. The van der Waals surface area contributed by atoms with Gasteiger partial charge in [0.1, 0.15) is 0 Å². The van der Waals surface area contributed by atoms with E-state index < -0.39 is 0 Å². The minimum atomic E-state index is 0. The summed E-state index contributed by atoms with van der Waals surface area (Å²) < 4.78 is 10.4. The average Bonchev–Trinajstić information content (AvgIpc) is 2.58. The molecule has 1 aliphatic heterocycles. The van der Waals surface area contributed by atoms with Gasteiger partial charge >= 0.3 is 0 Å². The molecule has 0 radical (unpaired) electrons. The number of hydrogen-bond donors (Lipinski definition) is 2. The van der Waals surface area contributed by atoms with E-state index in [-0.39, 0.29) is 24.0 Å². The first-order valence-electron chi connectivity index (χ1n) is 9.57. The number of methoxy groups -OCH3 is 1. The van der Waals surface area contributed by atoms with Crippen molar-refractivity contribution in [2.45, 2.75) is 39.5 Å². The fraction of sp³-hybridized carbons (Fsp3) is 0.944. The highest BCUT2D eigenvalue weighted by atomic mass is 127. The predicted octanol–water partition coefficient (Wildman–Crippen LogP) is 2.33. The molecule has 1 fully saturated rings. The molecular formula is C18H39IN4O2. The van der Waals surface area contributed by atoms with Crippen LogP contribution in [0.15, 0.2) is 4.99 Å². The summed E-state index contributed by atoms with van der Waals surface area (Å²) in [6.07, 6.45) is 4.84. The molecule has 1 unspecified atom stereocenters. The molecule has 0 amide bonds. The summed E-state index contributed by atoms with van der Waals surface area (Å²) in [5.41, 5.74) is 0. The van der Waals surface area contributed by atoms with Gasteiger partial charge in [0.05, 0.1) is 13.2 Å². The molecule has 0 spiro atoms. The van der Waals surface area contributed by atoms with Crippen molar-refractivity contribution in [3.63, 3.8) is 0 Å². The molecule has 7 heteroatoms. The van der Waals surface area contributed by atoms with Gasteiger partial charge in [0.2, 0.25) is 0 Å². The van der Waals surface area contributed by atoms with Crippen LogP contribution in [0.1, 0.15) is 39.5 Å². The van der Waals surface area contributed by atoms with Gasteiger partial charge in [-0.3, -0.25) is 4.99 Å². The SMILES string of the molecule is CCNC(=NCCCOCCOC)NCCCN1CCCC(C)C1.I. The number of ether oxygens (including phenoxy) is 2. The number of guanidine groups is 1. The topological polar surface area (TPSA) is 58.1 Å². The van der Waals surface area contributed by atoms with Crippen LogP contribution in [0.4, 0.5) is 0 Å². The van der Waals surface area contributed by atoms with Gasteiger partial charge in [-0.2, -0.15) is 0 Å². The van der Waals surface area contributed by atoms with Crippen LogP contribution in [-0.4, -0.2) is 77.1 Å². The minimum Gasteiger partial charge on any atom is -0.382 e. The Labute approximate surface area is 171 Å². The first kappa shape index (κ1) is 24.9. The van der Waals surface area contributed by atoms with Crippen LogP contribution in [0.2, 0.25) is 0 Å². The van der Waals surface area contributed by atoms with Crippen molar-refractivity contribution in [3.8, 4) is 0 Å². The first-order valence-corrected chi connectivity index (χ1v) is 9.57. The fourth-order valence-corrected chi connectivity index (χ4v) is 2.94. The second-order valence-electron chi connectivity index (χ2n) is 6.55. The average molecular weight is 470 g/mol. The third-order valence-corrected chi connectivity index (χ3v) is 4.18. The van der Waals surface area contributed by atoms with Crippen LogP contribution in [-0.2, 0) is 9.47 Å². The third-order valence-electron chi connectivity index (χ3n) is 4.18. The Morgan fingerprint density at radius 2 is 2.04 bits per heavy atom. The van der Waals surface area contributed by atoms with Gasteiger partial charge in [0, 0.05) is 39.9 Å². The van der Waals surface area contributed by atoms with Crippen molar-refractivity contribution >= 4 is 29.9 Å². The van der Waals surface area contributed by atoms with Gasteiger partial charge in [-0.15, -0.1) is 24.0 Å². The summed E-state index contributed by atoms with van der Waals surface area (Å²) in [7, 11) is 1.69. The van der Waals surface area contributed by atoms with E-state index in [9.17, 15) is 0 Å². The lowest BCUT2D eigenvalue weighted by molar-refractivity contribution is 0.0702. The Bertz CT molecular complexity index is 332. The van der Waals surface area contributed by atoms with E-state index in [1.54, 1.807) is 7.11 Å². The summed E-state index contributed by atoms with van der Waals surface area (Å²) in [5.74, 6) is 1.78. The zero-order valence-electron chi connectivity index (χ0n) is 16.4. The Morgan fingerprint density at radius 1 is 1.20 bits per heavy atom. The Kier molecular flexibility index (Phi) is 17.2. The van der Waals surface area contributed by atoms with Gasteiger partial charge in [-0.25, -0.2) is 0 Å². The van der Waals surface area contributed by atoms with Gasteiger partial charge in [-0.05, 0) is 51.6 Å². The van der Waals surface area contributed by atoms with Crippen LogP contribution in [0, 0.1) is 5.92 Å². The minimum absolute atomic E-state index is 0. The fourth-order valence-electron chi connectivity index (χ4n) is 2.94. The summed E-state index contributed by atoms with van der Waals surface area (Å²) >= 11 is 0. The molecule has 1 atom stereocenters. The van der Waals surface area contributed by atoms with Crippen molar-refractivity contribution < 1.29 is 9.47 Å². The number of piperidine rings is 1. The molecule has 25 heavy (non-hydrogen) atoms. The van der Waals surface area contributed by atoms with E-state index in [1.165, 1.54) is 32.5 Å². The van der Waals surface area contributed by atoms with E-state index in [1.807, 2.05) is 0 Å². The van der Waals surface area contributed by atoms with E-state index in [2.05, 4.69) is 34.4 Å². The molecule has 2 N–H and O–H groups in total. The van der Waals surface area contributed by atoms with Crippen molar-refractivity contribution in [2.75, 3.05) is 66.2 Å². The molecule has 0 aliphatic carbocycles. The van der Waals surface area contributed by atoms with Gasteiger partial charge in [-0.1, -0.05) is 6.92 Å². The highest BCUT2D eigenvalue weighted by Gasteiger charge is 2.15. The Morgan fingerprint density at radius 3 is 2.76 bits per heavy atom. The van der Waals surface area contributed by atoms with Gasteiger partial charge in [0.25, 0.3) is 0 Å². The second kappa shape index (κ2) is 17.3. The number of hydrogen-bond acceptors (Lipinski definition) is 4. The van der Waals surface area contributed by atoms with Crippen molar-refractivity contribution in [1.82, 2.24) is 15.5 Å². The van der Waals surface area contributed by atoms with Crippen LogP contribution < -0.4 is 10.6 Å². The van der Waals surface area contributed by atoms with E-state index in [0.29, 0.717) is 13.2 Å². The Balaban J connectivity index is 0.00000576. The Hall–Kier alpha value is -0.120. The van der Waals surface area contributed by atoms with Crippen LogP contribution >= 0.6 is 24.0 Å². The number of likely N-dealkylation sites (tertiary alicyclic amines) is 1. The highest BCUT2D eigenvalue weighted by molar-refractivity contribution is 14.0. The zero-order chi connectivity index (χ0) is 17.5. The van der Waals surface area contributed by atoms with Crippen molar-refractivity contribution in [1.29, 1.82) is 0 Å². The maximum Gasteiger partial charge on any atom is 0.191 e. The first-order chi connectivity index (χ1) is 11.8. The van der Waals surface area contributed by atoms with Crippen molar-refractivity contribution in [3.05, 3.63) is 0 Å². The zero-order valence-corrected chi connectivity index (χ0v) is 18.7. The standard InChI is InChI=1S/C18H38N4O2.HI/c1-4-19-18(21-10-7-13-24-15-14-23-3)20-9-6-12-22-11-5-8-17(2)16-22;/h17H,4-16H2,1-3H3,(H2,19,20,21);1H. The lowest BCUT2D eigenvalue weighted by Gasteiger charge is -2.30. The molecule has 0 bridgehead atoms. The predicted molar refractivity (Wildman–Crippen MR) is 116 cm³/mol. The molecule has 0 aromatic carbocycles. The quantitative estimate of drug-likeness (QED) is 0.199. The number of rotatable bonds is 12. The number of nitrogens with one attached hydrogen (secondary N) is 2.